The lowest BCUT2D eigenvalue weighted by Crippen LogP contribution is -2.42. The van der Waals surface area contributed by atoms with Gasteiger partial charge in [0.1, 0.15) is 5.65 Å². The number of piperidine rings is 1. The Balaban J connectivity index is 1.29. The van der Waals surface area contributed by atoms with Gasteiger partial charge in [-0.25, -0.2) is 13.4 Å². The van der Waals surface area contributed by atoms with E-state index in [4.69, 9.17) is 9.72 Å². The highest BCUT2D eigenvalue weighted by Crippen LogP contribution is 2.30. The van der Waals surface area contributed by atoms with Gasteiger partial charge in [0.25, 0.3) is 5.56 Å². The first-order chi connectivity index (χ1) is 15.5. The summed E-state index contributed by atoms with van der Waals surface area (Å²) >= 11 is 0. The summed E-state index contributed by atoms with van der Waals surface area (Å²) in [5.74, 6) is 0.487. The van der Waals surface area contributed by atoms with E-state index < -0.39 is 10.0 Å². The van der Waals surface area contributed by atoms with Crippen LogP contribution in [0.4, 0.5) is 5.95 Å². The average molecular weight is 460 g/mol. The van der Waals surface area contributed by atoms with E-state index >= 15 is 0 Å². The fourth-order valence-electron chi connectivity index (χ4n) is 4.92. The van der Waals surface area contributed by atoms with Gasteiger partial charge in [0.15, 0.2) is 0 Å². The van der Waals surface area contributed by atoms with Gasteiger partial charge < -0.3 is 10.1 Å². The zero-order valence-electron chi connectivity index (χ0n) is 18.1. The highest BCUT2D eigenvalue weighted by Gasteiger charge is 2.28. The fraction of sp³-hybridized carbons (Fsp3) is 0.591. The van der Waals surface area contributed by atoms with E-state index in [1.165, 1.54) is 9.71 Å². The zero-order chi connectivity index (χ0) is 22.1. The van der Waals surface area contributed by atoms with Gasteiger partial charge in [0, 0.05) is 48.2 Å². The first-order valence-electron chi connectivity index (χ1n) is 11.4. The standard InChI is InChI=1S/C22H29N5O4S/c28-20-6-5-17-13-23-22(25-21(17)27(20)19-3-1-2-4-19)24-18-7-10-26(11-8-18)32(29,30)15-16-9-12-31-14-16/h5-6,13,15,18-19H,1-4,7-12,14H2,(H,23,24,25)/b16-15+. The molecule has 172 valence electrons. The zero-order valence-corrected chi connectivity index (χ0v) is 18.9. The van der Waals surface area contributed by atoms with Crippen LogP contribution in [0.3, 0.4) is 0 Å². The SMILES string of the molecule is O=c1ccc2cnc(NC3CCN(S(=O)(=O)/C=C4\CCOC4)CC3)nc2n1C1CCCC1. The number of hydrogen-bond acceptors (Lipinski definition) is 7. The van der Waals surface area contributed by atoms with Crippen molar-refractivity contribution < 1.29 is 13.2 Å². The van der Waals surface area contributed by atoms with Gasteiger partial charge in [0.05, 0.1) is 13.2 Å². The molecule has 2 aromatic rings. The molecule has 2 saturated heterocycles. The Morgan fingerprint density at radius 2 is 1.91 bits per heavy atom. The van der Waals surface area contributed by atoms with Crippen LogP contribution in [-0.4, -0.2) is 59.6 Å². The molecule has 0 spiro atoms. The van der Waals surface area contributed by atoms with Crippen molar-refractivity contribution in [3.63, 3.8) is 0 Å². The average Bonchev–Trinajstić information content (AvgIpc) is 3.48. The quantitative estimate of drug-likeness (QED) is 0.732. The maximum absolute atomic E-state index is 12.7. The van der Waals surface area contributed by atoms with Gasteiger partial charge in [-0.2, -0.15) is 9.29 Å². The van der Waals surface area contributed by atoms with Gasteiger partial charge >= 0.3 is 0 Å². The van der Waals surface area contributed by atoms with Gasteiger partial charge in [0.2, 0.25) is 16.0 Å². The second-order valence-corrected chi connectivity index (χ2v) is 10.7. The molecule has 1 aliphatic carbocycles. The maximum atomic E-state index is 12.7. The molecule has 2 aromatic heterocycles. The van der Waals surface area contributed by atoms with Crippen molar-refractivity contribution in [1.82, 2.24) is 18.8 Å². The number of fused-ring (bicyclic) bond motifs is 1. The minimum Gasteiger partial charge on any atom is -0.377 e. The highest BCUT2D eigenvalue weighted by molar-refractivity contribution is 7.92. The minimum atomic E-state index is -3.42. The Bertz CT molecular complexity index is 1170. The summed E-state index contributed by atoms with van der Waals surface area (Å²) < 4.78 is 33.9. The molecule has 9 nitrogen and oxygen atoms in total. The summed E-state index contributed by atoms with van der Waals surface area (Å²) in [4.78, 5) is 21.7. The molecule has 4 heterocycles. The number of anilines is 1. The predicted molar refractivity (Wildman–Crippen MR) is 122 cm³/mol. The third kappa shape index (κ3) is 4.44. The highest BCUT2D eigenvalue weighted by atomic mass is 32.2. The van der Waals surface area contributed by atoms with Crippen molar-refractivity contribution in [3.8, 4) is 0 Å². The van der Waals surface area contributed by atoms with Crippen molar-refractivity contribution in [1.29, 1.82) is 0 Å². The molecule has 0 aromatic carbocycles. The van der Waals surface area contributed by atoms with Crippen LogP contribution in [0, 0.1) is 0 Å². The number of aromatic nitrogens is 3. The number of hydrogen-bond donors (Lipinski definition) is 1. The minimum absolute atomic E-state index is 0.0191. The van der Waals surface area contributed by atoms with E-state index in [9.17, 15) is 13.2 Å². The lowest BCUT2D eigenvalue weighted by atomic mass is 10.1. The van der Waals surface area contributed by atoms with Crippen molar-refractivity contribution in [2.24, 2.45) is 0 Å². The fourth-order valence-corrected chi connectivity index (χ4v) is 6.39. The van der Waals surface area contributed by atoms with Gasteiger partial charge in [-0.15, -0.1) is 0 Å². The Morgan fingerprint density at radius 1 is 1.12 bits per heavy atom. The second kappa shape index (κ2) is 8.92. The Labute approximate surface area is 187 Å². The predicted octanol–water partition coefficient (Wildman–Crippen LogP) is 2.42. The first kappa shape index (κ1) is 21.5. The summed E-state index contributed by atoms with van der Waals surface area (Å²) in [6, 6.07) is 3.65. The van der Waals surface area contributed by atoms with Crippen LogP contribution in [0.2, 0.25) is 0 Å². The summed E-state index contributed by atoms with van der Waals surface area (Å²) in [5.41, 5.74) is 1.49. The molecule has 0 amide bonds. The molecule has 3 aliphatic rings. The van der Waals surface area contributed by atoms with Crippen molar-refractivity contribution in [3.05, 3.63) is 39.7 Å². The van der Waals surface area contributed by atoms with Gasteiger partial charge in [-0.05, 0) is 43.7 Å². The molecule has 0 bridgehead atoms. The van der Waals surface area contributed by atoms with Crippen molar-refractivity contribution in [2.45, 2.75) is 57.0 Å². The van der Waals surface area contributed by atoms with Crippen molar-refractivity contribution >= 4 is 27.0 Å². The molecule has 32 heavy (non-hydrogen) atoms. The Hall–Kier alpha value is -2.30. The lowest BCUT2D eigenvalue weighted by Gasteiger charge is -2.31. The van der Waals surface area contributed by atoms with Crippen molar-refractivity contribution in [2.75, 3.05) is 31.6 Å². The molecule has 0 atom stereocenters. The van der Waals surface area contributed by atoms with Crippen LogP contribution in [0.1, 0.15) is 51.0 Å². The molecule has 1 saturated carbocycles. The molecule has 3 fully saturated rings. The largest absolute Gasteiger partial charge is 0.377 e. The van der Waals surface area contributed by atoms with Crippen LogP contribution in [0.25, 0.3) is 11.0 Å². The number of ether oxygens (including phenoxy) is 1. The normalized spacial score (nSPS) is 22.8. The van der Waals surface area contributed by atoms with E-state index in [0.717, 1.165) is 36.6 Å². The van der Waals surface area contributed by atoms with Crippen LogP contribution in [0.15, 0.2) is 34.1 Å². The molecular formula is C22H29N5O4S. The third-order valence-corrected chi connectivity index (χ3v) is 8.39. The monoisotopic (exact) mass is 459 g/mol. The van der Waals surface area contributed by atoms with Crippen LogP contribution >= 0.6 is 0 Å². The molecule has 1 N–H and O–H groups in total. The molecule has 5 rings (SSSR count). The second-order valence-electron chi connectivity index (χ2n) is 8.89. The Morgan fingerprint density at radius 3 is 2.62 bits per heavy atom. The first-order valence-corrected chi connectivity index (χ1v) is 12.9. The summed E-state index contributed by atoms with van der Waals surface area (Å²) in [6.07, 6.45) is 8.05. The summed E-state index contributed by atoms with van der Waals surface area (Å²) in [7, 11) is -3.42. The Kier molecular flexibility index (Phi) is 6.00. The summed E-state index contributed by atoms with van der Waals surface area (Å²) in [6.45, 7) is 1.90. The van der Waals surface area contributed by atoms with E-state index in [-0.39, 0.29) is 17.6 Å². The van der Waals surface area contributed by atoms with E-state index in [1.54, 1.807) is 18.3 Å². The van der Waals surface area contributed by atoms with Gasteiger partial charge in [-0.1, -0.05) is 12.8 Å². The van der Waals surface area contributed by atoms with Crippen LogP contribution in [0.5, 0.6) is 0 Å². The van der Waals surface area contributed by atoms with Crippen LogP contribution in [-0.2, 0) is 14.8 Å². The molecule has 0 unspecified atom stereocenters. The topological polar surface area (TPSA) is 106 Å². The van der Waals surface area contributed by atoms with Crippen LogP contribution < -0.4 is 10.9 Å². The maximum Gasteiger partial charge on any atom is 0.252 e. The molecule has 0 radical (unpaired) electrons. The third-order valence-electron chi connectivity index (χ3n) is 6.67. The van der Waals surface area contributed by atoms with E-state index in [2.05, 4.69) is 10.3 Å². The van der Waals surface area contributed by atoms with E-state index in [0.29, 0.717) is 57.2 Å². The van der Waals surface area contributed by atoms with E-state index in [1.807, 2.05) is 4.57 Å². The number of nitrogens with zero attached hydrogens (tertiary/aromatic N) is 4. The molecule has 10 heteroatoms. The number of pyridine rings is 1. The number of sulfonamides is 1. The lowest BCUT2D eigenvalue weighted by molar-refractivity contribution is 0.204. The molecule has 2 aliphatic heterocycles. The molecular weight excluding hydrogens is 430 g/mol. The number of nitrogens with one attached hydrogen (secondary N) is 1. The van der Waals surface area contributed by atoms with Gasteiger partial charge in [-0.3, -0.25) is 9.36 Å². The summed E-state index contributed by atoms with van der Waals surface area (Å²) in [5, 5.41) is 5.59. The number of rotatable bonds is 5. The smallest absolute Gasteiger partial charge is 0.252 e.